The van der Waals surface area contributed by atoms with Gasteiger partial charge in [0.2, 0.25) is 5.91 Å². The number of benzene rings is 3. The zero-order valence-corrected chi connectivity index (χ0v) is 18.3. The topological polar surface area (TPSA) is 70.7 Å². The molecule has 2 N–H and O–H groups in total. The Morgan fingerprint density at radius 1 is 0.938 bits per heavy atom. The number of hydrogen-bond acceptors (Lipinski definition) is 4. The summed E-state index contributed by atoms with van der Waals surface area (Å²) in [5.41, 5.74) is 3.61. The maximum absolute atomic E-state index is 12.7. The van der Waals surface area contributed by atoms with Gasteiger partial charge in [0.1, 0.15) is 12.4 Å². The lowest BCUT2D eigenvalue weighted by Crippen LogP contribution is -2.26. The molecular formula is C26H27N3O3. The van der Waals surface area contributed by atoms with Crippen molar-refractivity contribution in [2.24, 2.45) is 0 Å². The minimum absolute atomic E-state index is 0.0743. The highest BCUT2D eigenvalue weighted by atomic mass is 16.5. The molecule has 0 radical (unpaired) electrons. The maximum Gasteiger partial charge on any atom is 0.258 e. The summed E-state index contributed by atoms with van der Waals surface area (Å²) in [5, 5.41) is 5.92. The van der Waals surface area contributed by atoms with Gasteiger partial charge in [0, 0.05) is 24.0 Å². The van der Waals surface area contributed by atoms with Crippen molar-refractivity contribution in [2.75, 3.05) is 35.7 Å². The van der Waals surface area contributed by atoms with Crippen LogP contribution < -0.4 is 20.3 Å². The van der Waals surface area contributed by atoms with Crippen molar-refractivity contribution in [1.82, 2.24) is 0 Å². The van der Waals surface area contributed by atoms with Crippen LogP contribution in [0, 0.1) is 0 Å². The molecule has 32 heavy (non-hydrogen) atoms. The van der Waals surface area contributed by atoms with Crippen LogP contribution in [0.5, 0.6) is 5.75 Å². The van der Waals surface area contributed by atoms with Gasteiger partial charge in [-0.3, -0.25) is 9.59 Å². The molecule has 0 bridgehead atoms. The summed E-state index contributed by atoms with van der Waals surface area (Å²) in [6.07, 6.45) is 0. The fraction of sp³-hybridized carbons (Fsp3) is 0.154. The second-order valence-electron chi connectivity index (χ2n) is 7.42. The Morgan fingerprint density at radius 3 is 2.28 bits per heavy atom. The highest BCUT2D eigenvalue weighted by Gasteiger charge is 2.13. The molecule has 0 heterocycles. The molecule has 2 amide bonds. The molecule has 3 aromatic carbocycles. The van der Waals surface area contributed by atoms with Crippen LogP contribution in [0.25, 0.3) is 0 Å². The maximum atomic E-state index is 12.7. The molecule has 3 aromatic rings. The second kappa shape index (κ2) is 10.8. The quantitative estimate of drug-likeness (QED) is 0.471. The summed E-state index contributed by atoms with van der Waals surface area (Å²) in [6, 6.07) is 23.7. The minimum atomic E-state index is -0.208. The van der Waals surface area contributed by atoms with E-state index in [9.17, 15) is 9.59 Å². The molecule has 0 saturated carbocycles. The number of nitrogens with one attached hydrogen (secondary N) is 2. The molecule has 0 aliphatic heterocycles. The first kappa shape index (κ1) is 22.6. The number of hydrogen-bond donors (Lipinski definition) is 2. The summed E-state index contributed by atoms with van der Waals surface area (Å²) in [6.45, 7) is 6.21. The van der Waals surface area contributed by atoms with Crippen molar-refractivity contribution >= 4 is 28.9 Å². The first-order chi connectivity index (χ1) is 15.4. The van der Waals surface area contributed by atoms with Crippen LogP contribution in [0.15, 0.2) is 91.0 Å². The van der Waals surface area contributed by atoms with Crippen LogP contribution >= 0.6 is 0 Å². The van der Waals surface area contributed by atoms with Crippen LogP contribution in [0.3, 0.4) is 0 Å². The number of ether oxygens (including phenoxy) is 1. The molecular weight excluding hydrogens is 402 g/mol. The van der Waals surface area contributed by atoms with Crippen molar-refractivity contribution < 1.29 is 14.3 Å². The van der Waals surface area contributed by atoms with E-state index in [1.165, 1.54) is 0 Å². The molecule has 3 rings (SSSR count). The number of nitrogens with zero attached hydrogens (tertiary/aromatic N) is 1. The van der Waals surface area contributed by atoms with Crippen molar-refractivity contribution in [1.29, 1.82) is 0 Å². The Bertz CT molecular complexity index is 1080. The summed E-state index contributed by atoms with van der Waals surface area (Å²) in [5.74, 6) is 0.330. The van der Waals surface area contributed by atoms with Crippen LogP contribution in [-0.4, -0.2) is 32.0 Å². The molecule has 164 valence electrons. The standard InChI is InChI=1S/C26H27N3O3/c1-19(2)18-32-24-12-8-7-11-23(24)27-17-25(30)28-21-15-13-20(14-16-21)26(31)29(3)22-9-5-4-6-10-22/h4-16,27H,1,17-18H2,2-3H3,(H,28,30). The molecule has 0 atom stereocenters. The fourth-order valence-corrected chi connectivity index (χ4v) is 2.98. The van der Waals surface area contributed by atoms with Gasteiger partial charge in [0.25, 0.3) is 5.91 Å². The van der Waals surface area contributed by atoms with E-state index in [0.29, 0.717) is 23.6 Å². The normalized spacial score (nSPS) is 10.2. The Labute approximate surface area is 188 Å². The van der Waals surface area contributed by atoms with Crippen LogP contribution in [0.2, 0.25) is 0 Å². The van der Waals surface area contributed by atoms with E-state index >= 15 is 0 Å². The average molecular weight is 430 g/mol. The van der Waals surface area contributed by atoms with Crippen molar-refractivity contribution in [2.45, 2.75) is 6.92 Å². The van der Waals surface area contributed by atoms with Crippen molar-refractivity contribution in [3.05, 3.63) is 96.6 Å². The minimum Gasteiger partial charge on any atom is -0.487 e. The lowest BCUT2D eigenvalue weighted by molar-refractivity contribution is -0.114. The van der Waals surface area contributed by atoms with Crippen LogP contribution in [0.4, 0.5) is 17.1 Å². The Kier molecular flexibility index (Phi) is 7.65. The highest BCUT2D eigenvalue weighted by Crippen LogP contribution is 2.24. The first-order valence-corrected chi connectivity index (χ1v) is 10.3. The lowest BCUT2D eigenvalue weighted by atomic mass is 10.1. The Morgan fingerprint density at radius 2 is 1.59 bits per heavy atom. The van der Waals surface area contributed by atoms with E-state index in [0.717, 1.165) is 16.9 Å². The lowest BCUT2D eigenvalue weighted by Gasteiger charge is -2.17. The van der Waals surface area contributed by atoms with Gasteiger partial charge in [0.15, 0.2) is 0 Å². The van der Waals surface area contributed by atoms with Gasteiger partial charge in [0.05, 0.1) is 12.2 Å². The fourth-order valence-electron chi connectivity index (χ4n) is 2.98. The average Bonchev–Trinajstić information content (AvgIpc) is 2.82. The second-order valence-corrected chi connectivity index (χ2v) is 7.42. The van der Waals surface area contributed by atoms with Gasteiger partial charge < -0.3 is 20.3 Å². The Balaban J connectivity index is 1.55. The van der Waals surface area contributed by atoms with Gasteiger partial charge in [-0.2, -0.15) is 0 Å². The molecule has 6 nitrogen and oxygen atoms in total. The molecule has 0 spiro atoms. The smallest absolute Gasteiger partial charge is 0.258 e. The number of carbonyl (C=O) groups excluding carboxylic acids is 2. The predicted octanol–water partition coefficient (Wildman–Crippen LogP) is 4.97. The monoisotopic (exact) mass is 429 g/mol. The van der Waals surface area contributed by atoms with Crippen LogP contribution in [0.1, 0.15) is 17.3 Å². The summed E-state index contributed by atoms with van der Waals surface area (Å²) in [4.78, 5) is 26.6. The molecule has 6 heteroatoms. The zero-order valence-electron chi connectivity index (χ0n) is 18.3. The number of carbonyl (C=O) groups is 2. The van der Waals surface area contributed by atoms with E-state index in [1.54, 1.807) is 36.2 Å². The van der Waals surface area contributed by atoms with Gasteiger partial charge in [-0.05, 0) is 61.0 Å². The molecule has 0 fully saturated rings. The van der Waals surface area contributed by atoms with Crippen molar-refractivity contribution in [3.63, 3.8) is 0 Å². The molecule has 0 aliphatic rings. The van der Waals surface area contributed by atoms with Gasteiger partial charge in [-0.25, -0.2) is 0 Å². The van der Waals surface area contributed by atoms with Crippen molar-refractivity contribution in [3.8, 4) is 5.75 Å². The van der Waals surface area contributed by atoms with E-state index in [1.807, 2.05) is 61.5 Å². The van der Waals surface area contributed by atoms with E-state index < -0.39 is 0 Å². The largest absolute Gasteiger partial charge is 0.487 e. The summed E-state index contributed by atoms with van der Waals surface area (Å²) < 4.78 is 5.71. The van der Waals surface area contributed by atoms with Gasteiger partial charge >= 0.3 is 0 Å². The number of amides is 2. The molecule has 0 aromatic heterocycles. The Hall–Kier alpha value is -4.06. The van der Waals surface area contributed by atoms with E-state index in [4.69, 9.17) is 4.74 Å². The number of anilines is 3. The molecule has 0 unspecified atom stereocenters. The summed E-state index contributed by atoms with van der Waals surface area (Å²) >= 11 is 0. The third kappa shape index (κ3) is 6.22. The highest BCUT2D eigenvalue weighted by molar-refractivity contribution is 6.06. The number of para-hydroxylation sites is 3. The molecule has 0 saturated heterocycles. The van der Waals surface area contributed by atoms with Crippen LogP contribution in [-0.2, 0) is 4.79 Å². The van der Waals surface area contributed by atoms with E-state index in [2.05, 4.69) is 17.2 Å². The predicted molar refractivity (Wildman–Crippen MR) is 129 cm³/mol. The summed E-state index contributed by atoms with van der Waals surface area (Å²) in [7, 11) is 1.73. The van der Waals surface area contributed by atoms with Gasteiger partial charge in [-0.1, -0.05) is 36.9 Å². The first-order valence-electron chi connectivity index (χ1n) is 10.3. The zero-order chi connectivity index (χ0) is 22.9. The SMILES string of the molecule is C=C(C)COc1ccccc1NCC(=O)Nc1ccc(C(=O)N(C)c2ccccc2)cc1. The molecule has 0 aliphatic carbocycles. The third-order valence-corrected chi connectivity index (χ3v) is 4.66. The van der Waals surface area contributed by atoms with Gasteiger partial charge in [-0.15, -0.1) is 0 Å². The number of rotatable bonds is 9. The third-order valence-electron chi connectivity index (χ3n) is 4.66. The van der Waals surface area contributed by atoms with E-state index in [-0.39, 0.29) is 18.4 Å².